The van der Waals surface area contributed by atoms with Crippen LogP contribution in [-0.2, 0) is 0 Å². The maximum Gasteiger partial charge on any atom is 0.259 e. The Balaban J connectivity index is 1.82. The number of halogens is 3. The largest absolute Gasteiger partial charge is 0.354 e. The highest BCUT2D eigenvalue weighted by molar-refractivity contribution is 9.11. The van der Waals surface area contributed by atoms with Crippen molar-refractivity contribution in [2.45, 2.75) is 0 Å². The van der Waals surface area contributed by atoms with Crippen molar-refractivity contribution < 1.29 is 9.32 Å². The van der Waals surface area contributed by atoms with Crippen molar-refractivity contribution in [2.75, 3.05) is 5.32 Å². The minimum atomic E-state index is -0.291. The van der Waals surface area contributed by atoms with Gasteiger partial charge < -0.3 is 9.84 Å². The van der Waals surface area contributed by atoms with Crippen LogP contribution in [0.4, 0.5) is 5.82 Å². The number of carbonyl (C=O) groups is 1. The summed E-state index contributed by atoms with van der Waals surface area (Å²) in [5.41, 5.74) is 1.31. The van der Waals surface area contributed by atoms with Crippen LogP contribution in [0.3, 0.4) is 0 Å². The number of nitrogens with zero attached hydrogens (tertiary/aromatic N) is 1. The van der Waals surface area contributed by atoms with E-state index in [-0.39, 0.29) is 5.91 Å². The topological polar surface area (TPSA) is 55.1 Å². The molecule has 0 saturated heterocycles. The fourth-order valence-electron chi connectivity index (χ4n) is 1.98. The molecule has 0 aliphatic rings. The van der Waals surface area contributed by atoms with Crippen LogP contribution in [-0.4, -0.2) is 11.1 Å². The van der Waals surface area contributed by atoms with E-state index in [0.29, 0.717) is 31.1 Å². The second kappa shape index (κ2) is 6.86. The van der Waals surface area contributed by atoms with E-state index < -0.39 is 0 Å². The summed E-state index contributed by atoms with van der Waals surface area (Å²) in [6.45, 7) is 0. The first-order valence-corrected chi connectivity index (χ1v) is 8.49. The van der Waals surface area contributed by atoms with Gasteiger partial charge in [-0.05, 0) is 68.3 Å². The fourth-order valence-corrected chi connectivity index (χ4v) is 3.46. The molecule has 1 aromatic heterocycles. The summed E-state index contributed by atoms with van der Waals surface area (Å²) in [6, 6.07) is 14.2. The molecule has 0 saturated carbocycles. The maximum atomic E-state index is 12.4. The van der Waals surface area contributed by atoms with Crippen LogP contribution in [0.15, 0.2) is 62.0 Å². The third-order valence-corrected chi connectivity index (χ3v) is 4.64. The molecule has 0 aliphatic heterocycles. The monoisotopic (exact) mass is 454 g/mol. The van der Waals surface area contributed by atoms with E-state index in [9.17, 15) is 4.79 Å². The van der Waals surface area contributed by atoms with Gasteiger partial charge in [-0.1, -0.05) is 22.8 Å². The van der Waals surface area contributed by atoms with Gasteiger partial charge in [0.25, 0.3) is 5.91 Å². The summed E-state index contributed by atoms with van der Waals surface area (Å²) in [5.74, 6) is 0.589. The van der Waals surface area contributed by atoms with Crippen LogP contribution in [0.5, 0.6) is 0 Å². The van der Waals surface area contributed by atoms with E-state index >= 15 is 0 Å². The lowest BCUT2D eigenvalue weighted by Crippen LogP contribution is -2.13. The van der Waals surface area contributed by atoms with E-state index in [2.05, 4.69) is 42.3 Å². The molecule has 0 spiro atoms. The minimum Gasteiger partial charge on any atom is -0.354 e. The van der Waals surface area contributed by atoms with E-state index in [1.54, 1.807) is 30.3 Å². The molecule has 0 radical (unpaired) electrons. The van der Waals surface area contributed by atoms with Crippen LogP contribution in [0.1, 0.15) is 10.4 Å². The molecule has 3 aromatic rings. The van der Waals surface area contributed by atoms with Crippen LogP contribution < -0.4 is 5.32 Å². The Morgan fingerprint density at radius 1 is 1.09 bits per heavy atom. The molecular weight excluding hydrogens is 447 g/mol. The first-order chi connectivity index (χ1) is 11.0. The normalized spacial score (nSPS) is 10.6. The van der Waals surface area contributed by atoms with Gasteiger partial charge in [0.15, 0.2) is 11.6 Å². The predicted octanol–water partition coefficient (Wildman–Crippen LogP) is 5.77. The van der Waals surface area contributed by atoms with Crippen molar-refractivity contribution in [1.82, 2.24) is 5.16 Å². The zero-order valence-corrected chi connectivity index (χ0v) is 15.4. The molecule has 2 aromatic carbocycles. The van der Waals surface area contributed by atoms with E-state index in [0.717, 1.165) is 5.56 Å². The molecule has 3 rings (SSSR count). The van der Waals surface area contributed by atoms with Gasteiger partial charge in [-0.2, -0.15) is 0 Å². The lowest BCUT2D eigenvalue weighted by atomic mass is 10.2. The van der Waals surface area contributed by atoms with Gasteiger partial charge in [-0.25, -0.2) is 0 Å². The molecule has 1 amide bonds. The molecule has 0 atom stereocenters. The maximum absolute atomic E-state index is 12.4. The zero-order chi connectivity index (χ0) is 16.4. The first-order valence-electron chi connectivity index (χ1n) is 6.52. The van der Waals surface area contributed by atoms with Gasteiger partial charge in [-0.15, -0.1) is 0 Å². The number of aromatic nitrogens is 1. The first kappa shape index (κ1) is 16.2. The highest BCUT2D eigenvalue weighted by atomic mass is 79.9. The Bertz CT molecular complexity index is 843. The third-order valence-electron chi connectivity index (χ3n) is 3.07. The molecule has 1 N–H and O–H groups in total. The van der Waals surface area contributed by atoms with Gasteiger partial charge >= 0.3 is 0 Å². The van der Waals surface area contributed by atoms with Crippen molar-refractivity contribution in [3.63, 3.8) is 0 Å². The van der Waals surface area contributed by atoms with Crippen molar-refractivity contribution in [1.29, 1.82) is 0 Å². The number of rotatable bonds is 3. The third kappa shape index (κ3) is 3.65. The second-order valence-corrected chi connectivity index (χ2v) is 6.78. The molecule has 23 heavy (non-hydrogen) atoms. The molecular formula is C16H9Br2ClN2O2. The van der Waals surface area contributed by atoms with Crippen LogP contribution in [0, 0.1) is 0 Å². The molecule has 4 nitrogen and oxygen atoms in total. The number of carbonyl (C=O) groups excluding carboxylic acids is 1. The number of nitrogens with one attached hydrogen (secondary N) is 1. The summed E-state index contributed by atoms with van der Waals surface area (Å²) < 4.78 is 6.63. The Labute approximate surface area is 154 Å². The van der Waals surface area contributed by atoms with Crippen LogP contribution >= 0.6 is 43.5 Å². The molecule has 0 bridgehead atoms. The summed E-state index contributed by atoms with van der Waals surface area (Å²) in [4.78, 5) is 12.4. The molecule has 1 heterocycles. The van der Waals surface area contributed by atoms with Crippen LogP contribution in [0.2, 0.25) is 5.02 Å². The molecule has 0 fully saturated rings. The summed E-state index contributed by atoms with van der Waals surface area (Å²) in [6.07, 6.45) is 0. The van der Waals surface area contributed by atoms with E-state index in [4.69, 9.17) is 16.1 Å². The average Bonchev–Trinajstić information content (AvgIpc) is 2.96. The lowest BCUT2D eigenvalue weighted by molar-refractivity contribution is 0.102. The number of benzene rings is 2. The Morgan fingerprint density at radius 3 is 2.39 bits per heavy atom. The smallest absolute Gasteiger partial charge is 0.259 e. The van der Waals surface area contributed by atoms with Gasteiger partial charge in [0.2, 0.25) is 0 Å². The minimum absolute atomic E-state index is 0.291. The Hall–Kier alpha value is -1.63. The number of hydrogen-bond acceptors (Lipinski definition) is 3. The summed E-state index contributed by atoms with van der Waals surface area (Å²) in [5, 5.41) is 7.22. The highest BCUT2D eigenvalue weighted by Gasteiger charge is 2.16. The molecule has 7 heteroatoms. The molecule has 0 unspecified atom stereocenters. The second-order valence-electron chi connectivity index (χ2n) is 4.63. The van der Waals surface area contributed by atoms with Crippen molar-refractivity contribution in [2.24, 2.45) is 0 Å². The van der Waals surface area contributed by atoms with Gasteiger partial charge in [0.1, 0.15) is 0 Å². The fraction of sp³-hybridized carbons (Fsp3) is 0. The van der Waals surface area contributed by atoms with Crippen molar-refractivity contribution >= 4 is 55.2 Å². The average molecular weight is 457 g/mol. The Morgan fingerprint density at radius 2 is 1.74 bits per heavy atom. The van der Waals surface area contributed by atoms with Gasteiger partial charge in [0, 0.05) is 25.6 Å². The summed E-state index contributed by atoms with van der Waals surface area (Å²) in [7, 11) is 0. The standard InChI is InChI=1S/C16H9Br2ClN2O2/c17-11-2-1-3-12(18)15(11)16(22)20-14-8-13(23-21-14)9-4-6-10(19)7-5-9/h1-8H,(H,20,21,22). The van der Waals surface area contributed by atoms with Gasteiger partial charge in [0.05, 0.1) is 5.56 Å². The molecule has 0 aliphatic carbocycles. The zero-order valence-electron chi connectivity index (χ0n) is 11.5. The molecule has 116 valence electrons. The van der Waals surface area contributed by atoms with E-state index in [1.807, 2.05) is 18.2 Å². The van der Waals surface area contributed by atoms with Crippen LogP contribution in [0.25, 0.3) is 11.3 Å². The summed E-state index contributed by atoms with van der Waals surface area (Å²) >= 11 is 12.6. The predicted molar refractivity (Wildman–Crippen MR) is 96.7 cm³/mol. The Kier molecular flexibility index (Phi) is 4.84. The highest BCUT2D eigenvalue weighted by Crippen LogP contribution is 2.27. The quantitative estimate of drug-likeness (QED) is 0.544. The number of amides is 1. The van der Waals surface area contributed by atoms with Crippen molar-refractivity contribution in [3.8, 4) is 11.3 Å². The number of hydrogen-bond donors (Lipinski definition) is 1. The number of anilines is 1. The SMILES string of the molecule is O=C(Nc1cc(-c2ccc(Cl)cc2)on1)c1c(Br)cccc1Br. The lowest BCUT2D eigenvalue weighted by Gasteiger charge is -2.06. The van der Waals surface area contributed by atoms with Gasteiger partial charge in [-0.3, -0.25) is 4.79 Å². The van der Waals surface area contributed by atoms with E-state index in [1.165, 1.54) is 0 Å². The van der Waals surface area contributed by atoms with Crippen molar-refractivity contribution in [3.05, 3.63) is 68.1 Å².